The standard InChI is InChI=1S/C14H17BrN2/c1-11(15)9-17(2)10-12-7-8-16-14-6-4-3-5-13(12)14/h3-8,11H,9-10H2,1-2H3. The lowest BCUT2D eigenvalue weighted by molar-refractivity contribution is 0.334. The molecule has 0 amide bonds. The minimum Gasteiger partial charge on any atom is -0.301 e. The summed E-state index contributed by atoms with van der Waals surface area (Å²) in [4.78, 5) is 7.22. The number of aromatic nitrogens is 1. The molecule has 0 aliphatic carbocycles. The van der Waals surface area contributed by atoms with Crippen molar-refractivity contribution in [3.8, 4) is 0 Å². The van der Waals surface area contributed by atoms with Crippen LogP contribution in [0.1, 0.15) is 12.5 Å². The van der Waals surface area contributed by atoms with Crippen LogP contribution in [0.3, 0.4) is 0 Å². The molecule has 1 heterocycles. The van der Waals surface area contributed by atoms with E-state index in [2.05, 4.69) is 64.1 Å². The summed E-state index contributed by atoms with van der Waals surface area (Å²) in [5.74, 6) is 0. The molecule has 0 fully saturated rings. The lowest BCUT2D eigenvalue weighted by Gasteiger charge is -2.19. The number of alkyl halides is 1. The molecule has 1 atom stereocenters. The molecule has 0 radical (unpaired) electrons. The van der Waals surface area contributed by atoms with Gasteiger partial charge in [-0.3, -0.25) is 4.98 Å². The van der Waals surface area contributed by atoms with Gasteiger partial charge in [0.25, 0.3) is 0 Å². The van der Waals surface area contributed by atoms with Gasteiger partial charge in [-0.2, -0.15) is 0 Å². The summed E-state index contributed by atoms with van der Waals surface area (Å²) in [6, 6.07) is 10.4. The zero-order chi connectivity index (χ0) is 12.3. The van der Waals surface area contributed by atoms with E-state index in [0.717, 1.165) is 18.6 Å². The molecule has 0 aliphatic heterocycles. The minimum absolute atomic E-state index is 0.514. The van der Waals surface area contributed by atoms with E-state index in [1.54, 1.807) is 0 Å². The third kappa shape index (κ3) is 3.27. The van der Waals surface area contributed by atoms with E-state index in [4.69, 9.17) is 0 Å². The number of para-hydroxylation sites is 1. The van der Waals surface area contributed by atoms with Crippen molar-refractivity contribution in [3.63, 3.8) is 0 Å². The molecule has 17 heavy (non-hydrogen) atoms. The first-order valence-electron chi connectivity index (χ1n) is 5.82. The highest BCUT2D eigenvalue weighted by molar-refractivity contribution is 9.09. The molecule has 2 rings (SSSR count). The summed E-state index contributed by atoms with van der Waals surface area (Å²) in [7, 11) is 2.15. The van der Waals surface area contributed by atoms with Crippen LogP contribution in [0.25, 0.3) is 10.9 Å². The van der Waals surface area contributed by atoms with Crippen LogP contribution in [-0.4, -0.2) is 28.3 Å². The maximum absolute atomic E-state index is 4.38. The van der Waals surface area contributed by atoms with Crippen molar-refractivity contribution >= 4 is 26.8 Å². The van der Waals surface area contributed by atoms with Crippen LogP contribution < -0.4 is 0 Å². The lowest BCUT2D eigenvalue weighted by atomic mass is 10.1. The molecule has 0 bridgehead atoms. The Morgan fingerprint density at radius 3 is 2.82 bits per heavy atom. The van der Waals surface area contributed by atoms with Crippen LogP contribution in [0.15, 0.2) is 36.5 Å². The Kier molecular flexibility index (Phi) is 4.13. The largest absolute Gasteiger partial charge is 0.301 e. The number of rotatable bonds is 4. The average molecular weight is 293 g/mol. The van der Waals surface area contributed by atoms with Crippen molar-refractivity contribution in [2.45, 2.75) is 18.3 Å². The molecule has 2 nitrogen and oxygen atoms in total. The second-order valence-corrected chi connectivity index (χ2v) is 6.03. The number of halogens is 1. The first kappa shape index (κ1) is 12.5. The van der Waals surface area contributed by atoms with Crippen molar-refractivity contribution in [1.29, 1.82) is 0 Å². The molecular weight excluding hydrogens is 276 g/mol. The van der Waals surface area contributed by atoms with Crippen molar-refractivity contribution < 1.29 is 0 Å². The molecule has 1 aromatic carbocycles. The van der Waals surface area contributed by atoms with Crippen molar-refractivity contribution in [2.75, 3.05) is 13.6 Å². The molecule has 0 aliphatic rings. The van der Waals surface area contributed by atoms with Crippen molar-refractivity contribution in [2.24, 2.45) is 0 Å². The Hall–Kier alpha value is -0.930. The predicted molar refractivity (Wildman–Crippen MR) is 76.5 cm³/mol. The molecule has 2 aromatic rings. The van der Waals surface area contributed by atoms with E-state index in [-0.39, 0.29) is 0 Å². The number of fused-ring (bicyclic) bond motifs is 1. The summed E-state index contributed by atoms with van der Waals surface area (Å²) in [5, 5.41) is 1.25. The van der Waals surface area contributed by atoms with Crippen LogP contribution in [-0.2, 0) is 6.54 Å². The average Bonchev–Trinajstić information content (AvgIpc) is 2.28. The van der Waals surface area contributed by atoms with Gasteiger partial charge >= 0.3 is 0 Å². The van der Waals surface area contributed by atoms with Gasteiger partial charge < -0.3 is 4.90 Å². The number of hydrogen-bond donors (Lipinski definition) is 0. The smallest absolute Gasteiger partial charge is 0.0705 e. The lowest BCUT2D eigenvalue weighted by Crippen LogP contribution is -2.24. The SMILES string of the molecule is CC(Br)CN(C)Cc1ccnc2ccccc12. The van der Waals surface area contributed by atoms with Crippen LogP contribution in [0.2, 0.25) is 0 Å². The Labute approximate surface area is 111 Å². The van der Waals surface area contributed by atoms with Gasteiger partial charge in [-0.1, -0.05) is 41.1 Å². The van der Waals surface area contributed by atoms with E-state index in [1.165, 1.54) is 10.9 Å². The van der Waals surface area contributed by atoms with Gasteiger partial charge in [0, 0.05) is 29.5 Å². The maximum Gasteiger partial charge on any atom is 0.0705 e. The highest BCUT2D eigenvalue weighted by Crippen LogP contribution is 2.17. The predicted octanol–water partition coefficient (Wildman–Crippen LogP) is 3.45. The van der Waals surface area contributed by atoms with E-state index in [1.807, 2.05) is 12.3 Å². The molecule has 0 saturated heterocycles. The van der Waals surface area contributed by atoms with E-state index in [0.29, 0.717) is 4.83 Å². The van der Waals surface area contributed by atoms with Gasteiger partial charge in [0.1, 0.15) is 0 Å². The Morgan fingerprint density at radius 1 is 1.29 bits per heavy atom. The first-order chi connectivity index (χ1) is 8.16. The topological polar surface area (TPSA) is 16.1 Å². The number of hydrogen-bond acceptors (Lipinski definition) is 2. The Morgan fingerprint density at radius 2 is 2.06 bits per heavy atom. The van der Waals surface area contributed by atoms with Crippen LogP contribution >= 0.6 is 15.9 Å². The number of pyridine rings is 1. The molecule has 0 N–H and O–H groups in total. The quantitative estimate of drug-likeness (QED) is 0.803. The highest BCUT2D eigenvalue weighted by atomic mass is 79.9. The Balaban J connectivity index is 2.24. The monoisotopic (exact) mass is 292 g/mol. The minimum atomic E-state index is 0.514. The van der Waals surface area contributed by atoms with Gasteiger partial charge in [-0.05, 0) is 24.7 Å². The van der Waals surface area contributed by atoms with Crippen LogP contribution in [0, 0.1) is 0 Å². The zero-order valence-electron chi connectivity index (χ0n) is 10.2. The number of nitrogens with zero attached hydrogens (tertiary/aromatic N) is 2. The molecule has 3 heteroatoms. The summed E-state index contributed by atoms with van der Waals surface area (Å²) in [6.45, 7) is 4.16. The highest BCUT2D eigenvalue weighted by Gasteiger charge is 2.06. The van der Waals surface area contributed by atoms with E-state index < -0.39 is 0 Å². The van der Waals surface area contributed by atoms with E-state index in [9.17, 15) is 0 Å². The van der Waals surface area contributed by atoms with Gasteiger partial charge in [0.15, 0.2) is 0 Å². The molecular formula is C14H17BrN2. The summed E-state index contributed by atoms with van der Waals surface area (Å²) in [5.41, 5.74) is 2.41. The summed E-state index contributed by atoms with van der Waals surface area (Å²) in [6.07, 6.45) is 1.89. The first-order valence-corrected chi connectivity index (χ1v) is 6.73. The molecule has 0 saturated carbocycles. The normalized spacial score (nSPS) is 13.2. The van der Waals surface area contributed by atoms with Gasteiger partial charge in [0.2, 0.25) is 0 Å². The van der Waals surface area contributed by atoms with Gasteiger partial charge in [-0.25, -0.2) is 0 Å². The molecule has 1 aromatic heterocycles. The van der Waals surface area contributed by atoms with Gasteiger partial charge in [0.05, 0.1) is 5.52 Å². The fourth-order valence-corrected chi connectivity index (χ4v) is 2.57. The van der Waals surface area contributed by atoms with E-state index >= 15 is 0 Å². The second kappa shape index (κ2) is 5.61. The molecule has 0 spiro atoms. The van der Waals surface area contributed by atoms with Gasteiger partial charge in [-0.15, -0.1) is 0 Å². The van der Waals surface area contributed by atoms with Crippen LogP contribution in [0.4, 0.5) is 0 Å². The Bertz CT molecular complexity index is 491. The third-order valence-electron chi connectivity index (χ3n) is 2.74. The summed E-state index contributed by atoms with van der Waals surface area (Å²) >= 11 is 3.58. The fraction of sp³-hybridized carbons (Fsp3) is 0.357. The van der Waals surface area contributed by atoms with Crippen molar-refractivity contribution in [1.82, 2.24) is 9.88 Å². The number of benzene rings is 1. The molecule has 90 valence electrons. The fourth-order valence-electron chi connectivity index (χ4n) is 2.08. The maximum atomic E-state index is 4.38. The van der Waals surface area contributed by atoms with Crippen LogP contribution in [0.5, 0.6) is 0 Å². The molecule has 1 unspecified atom stereocenters. The summed E-state index contributed by atoms with van der Waals surface area (Å²) < 4.78 is 0. The zero-order valence-corrected chi connectivity index (χ0v) is 11.8. The second-order valence-electron chi connectivity index (χ2n) is 4.46. The van der Waals surface area contributed by atoms with Crippen molar-refractivity contribution in [3.05, 3.63) is 42.1 Å². The third-order valence-corrected chi connectivity index (χ3v) is 3.03.